The van der Waals surface area contributed by atoms with Crippen LogP contribution in [0.4, 0.5) is 0 Å². The molecule has 0 spiro atoms. The Morgan fingerprint density at radius 1 is 1.27 bits per heavy atom. The molecule has 1 aromatic rings. The normalized spacial score (nSPS) is 16.8. The van der Waals surface area contributed by atoms with Gasteiger partial charge in [0.15, 0.2) is 5.78 Å². The number of carbonyl (C=O) groups is 1. The van der Waals surface area contributed by atoms with E-state index < -0.39 is 0 Å². The first-order valence-electron chi connectivity index (χ1n) is 8.87. The van der Waals surface area contributed by atoms with Crippen LogP contribution >= 0.6 is 11.8 Å². The Bertz CT molecular complexity index is 819. The van der Waals surface area contributed by atoms with E-state index in [9.17, 15) is 10.1 Å². The maximum absolute atomic E-state index is 12.3. The summed E-state index contributed by atoms with van der Waals surface area (Å²) < 4.78 is 0. The molecule has 1 N–H and O–H groups in total. The van der Waals surface area contributed by atoms with Gasteiger partial charge in [-0.05, 0) is 45.2 Å². The summed E-state index contributed by atoms with van der Waals surface area (Å²) in [6.45, 7) is 9.73. The fourth-order valence-electron chi connectivity index (χ4n) is 3.06. The molecule has 1 aliphatic rings. The highest BCUT2D eigenvalue weighted by atomic mass is 32.2. The summed E-state index contributed by atoms with van der Waals surface area (Å²) in [6, 6.07) is 10.6. The van der Waals surface area contributed by atoms with E-state index in [4.69, 9.17) is 0 Å². The third-order valence-electron chi connectivity index (χ3n) is 4.47. The lowest BCUT2D eigenvalue weighted by Gasteiger charge is -2.29. The van der Waals surface area contributed by atoms with Crippen LogP contribution in [0.15, 0.2) is 57.8 Å². The number of nitrogens with one attached hydrogen (secondary N) is 1. The number of nitriles is 1. The molecule has 0 aromatic heterocycles. The maximum atomic E-state index is 12.3. The quantitative estimate of drug-likeness (QED) is 0.700. The molecular weight excluding hydrogens is 340 g/mol. The van der Waals surface area contributed by atoms with Crippen LogP contribution in [0, 0.1) is 11.3 Å². The third-order valence-corrected chi connectivity index (χ3v) is 5.41. The van der Waals surface area contributed by atoms with Gasteiger partial charge < -0.3 is 5.32 Å². The number of nitrogens with zero attached hydrogens (tertiary/aromatic N) is 1. The number of allylic oxidation sites excluding steroid dienone is 4. The van der Waals surface area contributed by atoms with E-state index in [1.54, 1.807) is 18.7 Å². The van der Waals surface area contributed by atoms with Gasteiger partial charge in [0.05, 0.1) is 22.6 Å². The van der Waals surface area contributed by atoms with Gasteiger partial charge in [-0.2, -0.15) is 5.26 Å². The van der Waals surface area contributed by atoms with Crippen molar-refractivity contribution in [3.05, 3.63) is 68.9 Å². The number of carbonyl (C=O) groups excluding carboxylic acids is 1. The van der Waals surface area contributed by atoms with Crippen LogP contribution in [-0.4, -0.2) is 11.5 Å². The second kappa shape index (κ2) is 8.91. The molecule has 1 atom stereocenters. The fourth-order valence-corrected chi connectivity index (χ4v) is 4.19. The number of dihydropyridines is 1. The molecule has 0 unspecified atom stereocenters. The van der Waals surface area contributed by atoms with Crippen molar-refractivity contribution < 1.29 is 4.79 Å². The molecule has 0 fully saturated rings. The molecule has 0 bridgehead atoms. The van der Waals surface area contributed by atoms with Crippen molar-refractivity contribution in [2.75, 3.05) is 5.75 Å². The molecule has 0 saturated carbocycles. The lowest BCUT2D eigenvalue weighted by atomic mass is 9.81. The van der Waals surface area contributed by atoms with Gasteiger partial charge in [0, 0.05) is 17.0 Å². The molecule has 0 amide bonds. The van der Waals surface area contributed by atoms with Crippen LogP contribution in [0.1, 0.15) is 51.7 Å². The molecule has 136 valence electrons. The number of hydrogen-bond donors (Lipinski definition) is 1. The van der Waals surface area contributed by atoms with Gasteiger partial charge in [-0.25, -0.2) is 0 Å². The standard InChI is InChI=1S/C22H26N2OS/c1-6-17-7-9-18(10-8-17)21-19(13-23)22(26-12-11-14(2)3)24-15(4)20(21)16(5)25/h7-11,21,24H,6,12H2,1-5H3/t21-/m1/s1. The number of Topliss-reactive ketones (excluding diaryl/α,β-unsaturated/α-hetero) is 1. The SMILES string of the molecule is CCc1ccc([C@@H]2C(C#N)=C(SCC=C(C)C)NC(C)=C2C(C)=O)cc1. The van der Waals surface area contributed by atoms with E-state index in [-0.39, 0.29) is 11.7 Å². The molecule has 1 heterocycles. The Kier molecular flexibility index (Phi) is 6.88. The zero-order chi connectivity index (χ0) is 19.3. The van der Waals surface area contributed by atoms with Crippen LogP contribution < -0.4 is 5.32 Å². The largest absolute Gasteiger partial charge is 0.353 e. The van der Waals surface area contributed by atoms with E-state index in [0.29, 0.717) is 11.1 Å². The number of rotatable bonds is 6. The first kappa shape index (κ1) is 20.1. The lowest BCUT2D eigenvalue weighted by molar-refractivity contribution is -0.113. The number of aryl methyl sites for hydroxylation is 1. The zero-order valence-electron chi connectivity index (χ0n) is 16.1. The minimum Gasteiger partial charge on any atom is -0.353 e. The van der Waals surface area contributed by atoms with Gasteiger partial charge in [-0.1, -0.05) is 42.8 Å². The monoisotopic (exact) mass is 366 g/mol. The molecule has 4 heteroatoms. The molecule has 1 aromatic carbocycles. The smallest absolute Gasteiger partial charge is 0.158 e. The van der Waals surface area contributed by atoms with Crippen molar-refractivity contribution in [1.82, 2.24) is 5.32 Å². The second-order valence-corrected chi connectivity index (χ2v) is 7.73. The van der Waals surface area contributed by atoms with Gasteiger partial charge in [-0.15, -0.1) is 11.8 Å². The Morgan fingerprint density at radius 2 is 1.92 bits per heavy atom. The predicted molar refractivity (Wildman–Crippen MR) is 110 cm³/mol. The van der Waals surface area contributed by atoms with E-state index in [2.05, 4.69) is 50.4 Å². The first-order valence-corrected chi connectivity index (χ1v) is 9.85. The van der Waals surface area contributed by atoms with Crippen LogP contribution in [0.25, 0.3) is 0 Å². The molecule has 0 radical (unpaired) electrons. The molecule has 3 nitrogen and oxygen atoms in total. The average Bonchev–Trinajstić information content (AvgIpc) is 2.60. The molecule has 0 saturated heterocycles. The summed E-state index contributed by atoms with van der Waals surface area (Å²) in [6.07, 6.45) is 3.10. The zero-order valence-corrected chi connectivity index (χ0v) is 17.0. The lowest BCUT2D eigenvalue weighted by Crippen LogP contribution is -2.27. The van der Waals surface area contributed by atoms with Gasteiger partial charge in [0.1, 0.15) is 0 Å². The van der Waals surface area contributed by atoms with Gasteiger partial charge in [0.2, 0.25) is 0 Å². The fraction of sp³-hybridized carbons (Fsp3) is 0.364. The predicted octanol–water partition coefficient (Wildman–Crippen LogP) is 5.23. The number of thioether (sulfide) groups is 1. The van der Waals surface area contributed by atoms with Crippen molar-refractivity contribution >= 4 is 17.5 Å². The average molecular weight is 367 g/mol. The van der Waals surface area contributed by atoms with Crippen LogP contribution in [0.3, 0.4) is 0 Å². The molecule has 0 aliphatic carbocycles. The van der Waals surface area contributed by atoms with Crippen molar-refractivity contribution in [2.45, 2.75) is 47.0 Å². The molecular formula is C22H26N2OS. The van der Waals surface area contributed by atoms with Crippen LogP contribution in [0.5, 0.6) is 0 Å². The summed E-state index contributed by atoms with van der Waals surface area (Å²) in [7, 11) is 0. The maximum Gasteiger partial charge on any atom is 0.158 e. The Hall–Kier alpha value is -2.25. The van der Waals surface area contributed by atoms with Crippen molar-refractivity contribution in [3.8, 4) is 6.07 Å². The summed E-state index contributed by atoms with van der Waals surface area (Å²) in [5, 5.41) is 14.0. The van der Waals surface area contributed by atoms with Crippen molar-refractivity contribution in [2.24, 2.45) is 0 Å². The van der Waals surface area contributed by atoms with E-state index in [0.717, 1.165) is 28.5 Å². The van der Waals surface area contributed by atoms with E-state index >= 15 is 0 Å². The molecule has 26 heavy (non-hydrogen) atoms. The highest BCUT2D eigenvalue weighted by Crippen LogP contribution is 2.40. The summed E-state index contributed by atoms with van der Waals surface area (Å²) >= 11 is 1.61. The highest BCUT2D eigenvalue weighted by Gasteiger charge is 2.32. The number of ketones is 1. The number of hydrogen-bond acceptors (Lipinski definition) is 4. The van der Waals surface area contributed by atoms with Gasteiger partial charge in [0.25, 0.3) is 0 Å². The Morgan fingerprint density at radius 3 is 2.42 bits per heavy atom. The highest BCUT2D eigenvalue weighted by molar-refractivity contribution is 8.03. The van der Waals surface area contributed by atoms with Crippen LogP contribution in [-0.2, 0) is 11.2 Å². The third kappa shape index (κ3) is 4.47. The molecule has 1 aliphatic heterocycles. The summed E-state index contributed by atoms with van der Waals surface area (Å²) in [5.74, 6) is 0.486. The van der Waals surface area contributed by atoms with Crippen molar-refractivity contribution in [3.63, 3.8) is 0 Å². The molecule has 2 rings (SSSR count). The summed E-state index contributed by atoms with van der Waals surface area (Å²) in [4.78, 5) is 12.3. The van der Waals surface area contributed by atoms with Crippen molar-refractivity contribution in [1.29, 1.82) is 5.26 Å². The Labute approximate surface area is 160 Å². The van der Waals surface area contributed by atoms with E-state index in [1.165, 1.54) is 11.1 Å². The minimum atomic E-state index is -0.307. The second-order valence-electron chi connectivity index (χ2n) is 6.70. The summed E-state index contributed by atoms with van der Waals surface area (Å²) in [5.41, 5.74) is 5.62. The van der Waals surface area contributed by atoms with Gasteiger partial charge in [-0.3, -0.25) is 4.79 Å². The minimum absolute atomic E-state index is 0.000617. The Balaban J connectivity index is 2.52. The first-order chi connectivity index (χ1) is 12.4. The van der Waals surface area contributed by atoms with Crippen LogP contribution in [0.2, 0.25) is 0 Å². The van der Waals surface area contributed by atoms with E-state index in [1.807, 2.05) is 19.1 Å². The van der Waals surface area contributed by atoms with Gasteiger partial charge >= 0.3 is 0 Å². The topological polar surface area (TPSA) is 52.9 Å². The number of benzene rings is 1.